The zero-order valence-electron chi connectivity index (χ0n) is 18.4. The molecule has 0 fully saturated rings. The molecular weight excluding hydrogens is 342 g/mol. The highest BCUT2D eigenvalue weighted by Crippen LogP contribution is 2.13. The lowest BCUT2D eigenvalue weighted by atomic mass is 10.0. The normalized spacial score (nSPS) is 11.1. The zero-order valence-corrected chi connectivity index (χ0v) is 19.2. The van der Waals surface area contributed by atoms with Gasteiger partial charge in [0.05, 0.1) is 27.2 Å². The Balaban J connectivity index is 0. The van der Waals surface area contributed by atoms with Crippen molar-refractivity contribution in [3.63, 3.8) is 0 Å². The highest BCUT2D eigenvalue weighted by Gasteiger charge is 1.96. The molecule has 0 atom stereocenters. The van der Waals surface area contributed by atoms with Crippen molar-refractivity contribution in [3.05, 3.63) is 0 Å². The molecule has 1 N–H and O–H groups in total. The molecule has 0 aromatic heterocycles. The third kappa shape index (κ3) is 26.4. The molecule has 0 aliphatic rings. The molecule has 0 amide bonds. The number of hydrogen-bond acceptors (Lipinski definition) is 1. The first-order valence-corrected chi connectivity index (χ1v) is 11.6. The third-order valence-corrected chi connectivity index (χ3v) is 5.11. The van der Waals surface area contributed by atoms with Crippen molar-refractivity contribution in [1.29, 1.82) is 0 Å². The van der Waals surface area contributed by atoms with E-state index in [4.69, 9.17) is 4.74 Å². The fourth-order valence-corrected chi connectivity index (χ4v) is 3.38. The van der Waals surface area contributed by atoms with Crippen LogP contribution < -0.4 is 17.3 Å². The van der Waals surface area contributed by atoms with Crippen LogP contribution in [0, 0.1) is 0 Å². The second kappa shape index (κ2) is 25.2. The van der Waals surface area contributed by atoms with Gasteiger partial charge in [-0.15, -0.1) is 0 Å². The van der Waals surface area contributed by atoms with Gasteiger partial charge in [-0.2, -0.15) is 0 Å². The molecule has 3 heteroatoms. The molecule has 0 spiro atoms. The highest BCUT2D eigenvalue weighted by molar-refractivity contribution is 4.50. The van der Waals surface area contributed by atoms with E-state index < -0.39 is 0 Å². The molecular formula is C23H50ClNO. The summed E-state index contributed by atoms with van der Waals surface area (Å²) in [6.45, 7) is 5.44. The predicted molar refractivity (Wildman–Crippen MR) is 113 cm³/mol. The van der Waals surface area contributed by atoms with Gasteiger partial charge in [-0.25, -0.2) is 0 Å². The van der Waals surface area contributed by atoms with Crippen LogP contribution in [0.3, 0.4) is 0 Å². The van der Waals surface area contributed by atoms with Crippen LogP contribution in [0.1, 0.15) is 116 Å². The Kier molecular flexibility index (Phi) is 27.6. The summed E-state index contributed by atoms with van der Waals surface area (Å²) >= 11 is 0. The van der Waals surface area contributed by atoms with Gasteiger partial charge in [0.1, 0.15) is 0 Å². The number of halogens is 1. The van der Waals surface area contributed by atoms with E-state index in [-0.39, 0.29) is 12.4 Å². The molecule has 26 heavy (non-hydrogen) atoms. The lowest BCUT2D eigenvalue weighted by molar-refractivity contribution is -0.858. The number of hydrogen-bond donors (Lipinski definition) is 1. The highest BCUT2D eigenvalue weighted by atomic mass is 35.5. The number of ether oxygens (including phenoxy) is 1. The molecule has 0 unspecified atom stereocenters. The maximum atomic E-state index is 5.69. The van der Waals surface area contributed by atoms with E-state index in [1.807, 2.05) is 0 Å². The van der Waals surface area contributed by atoms with Crippen LogP contribution in [0.15, 0.2) is 0 Å². The summed E-state index contributed by atoms with van der Waals surface area (Å²) in [4.78, 5) is 1.52. The average molecular weight is 392 g/mol. The summed E-state index contributed by atoms with van der Waals surface area (Å²) in [5.74, 6) is 0. The summed E-state index contributed by atoms with van der Waals surface area (Å²) in [6, 6.07) is 0. The monoisotopic (exact) mass is 391 g/mol. The molecule has 0 rings (SSSR count). The van der Waals surface area contributed by atoms with E-state index in [0.29, 0.717) is 0 Å². The zero-order chi connectivity index (χ0) is 18.4. The Hall–Kier alpha value is 0.210. The van der Waals surface area contributed by atoms with E-state index in [2.05, 4.69) is 21.0 Å². The van der Waals surface area contributed by atoms with Gasteiger partial charge in [-0.3, -0.25) is 0 Å². The van der Waals surface area contributed by atoms with E-state index in [1.165, 1.54) is 121 Å². The molecule has 0 bridgehead atoms. The molecule has 0 saturated heterocycles. The number of rotatable bonds is 21. The molecule has 160 valence electrons. The lowest BCUT2D eigenvalue weighted by Gasteiger charge is -2.07. The molecule has 0 aromatic rings. The van der Waals surface area contributed by atoms with Gasteiger partial charge < -0.3 is 22.0 Å². The van der Waals surface area contributed by atoms with Crippen molar-refractivity contribution in [1.82, 2.24) is 0 Å². The van der Waals surface area contributed by atoms with Crippen LogP contribution in [0.2, 0.25) is 0 Å². The first-order valence-electron chi connectivity index (χ1n) is 11.6. The molecule has 0 aromatic carbocycles. The third-order valence-electron chi connectivity index (χ3n) is 5.11. The topological polar surface area (TPSA) is 13.7 Å². The largest absolute Gasteiger partial charge is 1.00 e. The van der Waals surface area contributed by atoms with Gasteiger partial charge in [0, 0.05) is 13.0 Å². The maximum absolute atomic E-state index is 5.69. The van der Waals surface area contributed by atoms with Crippen LogP contribution in [-0.4, -0.2) is 33.9 Å². The first-order chi connectivity index (χ1) is 12.3. The number of nitrogens with one attached hydrogen (secondary N) is 1. The van der Waals surface area contributed by atoms with Crippen molar-refractivity contribution in [3.8, 4) is 0 Å². The van der Waals surface area contributed by atoms with Crippen LogP contribution in [-0.2, 0) is 4.74 Å². The van der Waals surface area contributed by atoms with Gasteiger partial charge in [0.15, 0.2) is 0 Å². The maximum Gasteiger partial charge on any atom is 0.0789 e. The molecule has 0 saturated carbocycles. The minimum Gasteiger partial charge on any atom is -1.00 e. The Morgan fingerprint density at radius 1 is 0.500 bits per heavy atom. The summed E-state index contributed by atoms with van der Waals surface area (Å²) in [7, 11) is 4.41. The van der Waals surface area contributed by atoms with Crippen molar-refractivity contribution in [2.24, 2.45) is 0 Å². The molecule has 0 heterocycles. The van der Waals surface area contributed by atoms with Crippen LogP contribution in [0.5, 0.6) is 0 Å². The van der Waals surface area contributed by atoms with Gasteiger partial charge >= 0.3 is 0 Å². The average Bonchev–Trinajstić information content (AvgIpc) is 2.60. The first kappa shape index (κ1) is 28.4. The van der Waals surface area contributed by atoms with Gasteiger partial charge in [0.25, 0.3) is 0 Å². The summed E-state index contributed by atoms with van der Waals surface area (Å²) in [6.07, 6.45) is 24.1. The van der Waals surface area contributed by atoms with Crippen molar-refractivity contribution >= 4 is 0 Å². The standard InChI is InChI=1S/C23H49NO.ClH/c1-4-5-6-7-8-9-10-11-12-13-14-15-16-17-18-19-22-25-23-20-21-24(2)3;/h4-23H2,1-3H3;1H. The van der Waals surface area contributed by atoms with E-state index in [9.17, 15) is 0 Å². The van der Waals surface area contributed by atoms with Crippen LogP contribution >= 0.6 is 0 Å². The number of quaternary nitrogens is 1. The van der Waals surface area contributed by atoms with Crippen LogP contribution in [0.4, 0.5) is 0 Å². The Morgan fingerprint density at radius 2 is 0.846 bits per heavy atom. The van der Waals surface area contributed by atoms with E-state index >= 15 is 0 Å². The molecule has 0 aliphatic heterocycles. The summed E-state index contributed by atoms with van der Waals surface area (Å²) < 4.78 is 5.69. The SMILES string of the molecule is CCCCCCCCCCCCCCCCCCOCCC[NH+](C)C.[Cl-]. The summed E-state index contributed by atoms with van der Waals surface area (Å²) in [5, 5.41) is 0. The van der Waals surface area contributed by atoms with Crippen molar-refractivity contribution < 1.29 is 22.0 Å². The van der Waals surface area contributed by atoms with Gasteiger partial charge in [-0.1, -0.05) is 103 Å². The van der Waals surface area contributed by atoms with Crippen molar-refractivity contribution in [2.45, 2.75) is 116 Å². The smallest absolute Gasteiger partial charge is 0.0789 e. The minimum absolute atomic E-state index is 0. The quantitative estimate of drug-likeness (QED) is 0.297. The summed E-state index contributed by atoms with van der Waals surface area (Å²) in [5.41, 5.74) is 0. The Morgan fingerprint density at radius 3 is 1.23 bits per heavy atom. The molecule has 2 nitrogen and oxygen atoms in total. The molecule has 0 aliphatic carbocycles. The van der Waals surface area contributed by atoms with Gasteiger partial charge in [0.2, 0.25) is 0 Å². The Labute approximate surface area is 172 Å². The predicted octanol–water partition coefficient (Wildman–Crippen LogP) is 2.80. The van der Waals surface area contributed by atoms with E-state index in [1.54, 1.807) is 0 Å². The fraction of sp³-hybridized carbons (Fsp3) is 1.00. The minimum atomic E-state index is 0. The molecule has 0 radical (unpaired) electrons. The second-order valence-electron chi connectivity index (χ2n) is 8.23. The van der Waals surface area contributed by atoms with Crippen LogP contribution in [0.25, 0.3) is 0 Å². The Bertz CT molecular complexity index is 236. The fourth-order valence-electron chi connectivity index (χ4n) is 3.38. The van der Waals surface area contributed by atoms with Gasteiger partial charge in [-0.05, 0) is 6.42 Å². The van der Waals surface area contributed by atoms with Crippen molar-refractivity contribution in [2.75, 3.05) is 33.9 Å². The second-order valence-corrected chi connectivity index (χ2v) is 8.23. The van der Waals surface area contributed by atoms with E-state index in [0.717, 1.165) is 13.2 Å². The lowest BCUT2D eigenvalue weighted by Crippen LogP contribution is -3.05. The number of unbranched alkanes of at least 4 members (excludes halogenated alkanes) is 15.